The zero-order valence-electron chi connectivity index (χ0n) is 31.4. The number of piperidine rings is 2. The number of hydrogen-bond acceptors (Lipinski definition) is 8. The van der Waals surface area contributed by atoms with Gasteiger partial charge < -0.3 is 34.6 Å². The minimum absolute atomic E-state index is 0. The molecule has 3 N–H and O–H groups in total. The lowest BCUT2D eigenvalue weighted by Gasteiger charge is -2.38. The van der Waals surface area contributed by atoms with Gasteiger partial charge in [-0.05, 0) is 99.3 Å². The number of likely N-dealkylation sites (tertiary alicyclic amines) is 1. The number of amides is 1. The summed E-state index contributed by atoms with van der Waals surface area (Å²) in [4.78, 5) is 14.1. The lowest BCUT2D eigenvalue weighted by Crippen LogP contribution is -2.46. The van der Waals surface area contributed by atoms with Gasteiger partial charge >= 0.3 is 6.18 Å². The predicted molar refractivity (Wildman–Crippen MR) is 222 cm³/mol. The number of methoxy groups -OCH3 is 3. The van der Waals surface area contributed by atoms with Gasteiger partial charge in [-0.15, -0.1) is 12.4 Å². The van der Waals surface area contributed by atoms with Gasteiger partial charge in [-0.3, -0.25) is 9.48 Å². The summed E-state index contributed by atoms with van der Waals surface area (Å²) >= 11 is 26.8. The molecule has 4 aromatic rings. The molecule has 1 aromatic heterocycles. The second-order valence-electron chi connectivity index (χ2n) is 13.1. The van der Waals surface area contributed by atoms with Gasteiger partial charge in [0.05, 0.1) is 58.3 Å². The van der Waals surface area contributed by atoms with Gasteiger partial charge in [0, 0.05) is 17.6 Å². The highest BCUT2D eigenvalue weighted by molar-refractivity contribution is 9.10. The van der Waals surface area contributed by atoms with Crippen LogP contribution in [0.3, 0.4) is 0 Å². The molecule has 0 atom stereocenters. The summed E-state index contributed by atoms with van der Waals surface area (Å²) in [5.41, 5.74) is -1.54. The molecule has 2 aliphatic heterocycles. The maximum absolute atomic E-state index is 13.0. The van der Waals surface area contributed by atoms with Crippen molar-refractivity contribution in [1.29, 1.82) is 0 Å². The third-order valence-electron chi connectivity index (χ3n) is 9.55. The minimum atomic E-state index is -4.70. The molecular weight excluding hydrogens is 923 g/mol. The van der Waals surface area contributed by atoms with E-state index in [0.717, 1.165) is 40.6 Å². The summed E-state index contributed by atoms with van der Waals surface area (Å²) in [5.74, 6) is 1.34. The molecule has 2 aliphatic rings. The van der Waals surface area contributed by atoms with Crippen molar-refractivity contribution in [2.75, 3.05) is 47.5 Å². The molecule has 19 heteroatoms. The summed E-state index contributed by atoms with van der Waals surface area (Å²) in [6.45, 7) is 3.15. The van der Waals surface area contributed by atoms with E-state index in [1.54, 1.807) is 44.6 Å². The van der Waals surface area contributed by atoms with E-state index < -0.39 is 34.0 Å². The summed E-state index contributed by atoms with van der Waals surface area (Å²) in [6, 6.07) is 15.9. The normalized spacial score (nSPS) is 15.9. The van der Waals surface area contributed by atoms with E-state index in [0.29, 0.717) is 37.9 Å². The predicted octanol–water partition coefficient (Wildman–Crippen LogP) is 9.49. The number of ether oxygens (including phenoxy) is 3. The van der Waals surface area contributed by atoms with Crippen molar-refractivity contribution in [3.05, 3.63) is 102 Å². The van der Waals surface area contributed by atoms with Crippen LogP contribution in [0.1, 0.15) is 48.2 Å². The molecule has 2 fully saturated rings. The SMILES string of the molecule is COc1cc(Br)ccc1Cl.COc1cc(C2(O)CCN(C(=O)Cn3nc(C(F)(F)F)c(Cl)c3C)CC2)ccc1Cl.COc1cc(C2(O)CCNCC2)ccc1Cl.Cl. The van der Waals surface area contributed by atoms with E-state index in [1.165, 1.54) is 18.9 Å². The Kier molecular flexibility index (Phi) is 18.0. The Labute approximate surface area is 364 Å². The van der Waals surface area contributed by atoms with E-state index in [-0.39, 0.29) is 50.6 Å². The topological polar surface area (TPSA) is 118 Å². The third-order valence-corrected chi connectivity index (χ3v) is 11.4. The van der Waals surface area contributed by atoms with Gasteiger partial charge in [0.15, 0.2) is 5.69 Å². The zero-order valence-corrected chi connectivity index (χ0v) is 36.8. The van der Waals surface area contributed by atoms with Crippen LogP contribution in [0.15, 0.2) is 59.1 Å². The number of benzene rings is 3. The van der Waals surface area contributed by atoms with Crippen LogP contribution in [0, 0.1) is 6.92 Å². The molecule has 57 heavy (non-hydrogen) atoms. The Morgan fingerprint density at radius 2 is 1.25 bits per heavy atom. The molecule has 0 radical (unpaired) electrons. The lowest BCUT2D eigenvalue weighted by atomic mass is 9.84. The molecule has 0 unspecified atom stereocenters. The molecule has 0 aliphatic carbocycles. The number of carbonyl (C=O) groups is 1. The van der Waals surface area contributed by atoms with Crippen LogP contribution in [-0.4, -0.2) is 78.3 Å². The molecule has 10 nitrogen and oxygen atoms in total. The van der Waals surface area contributed by atoms with E-state index >= 15 is 0 Å². The smallest absolute Gasteiger partial charge is 0.436 e. The first kappa shape index (κ1) is 48.7. The molecule has 0 bridgehead atoms. The van der Waals surface area contributed by atoms with Crippen molar-refractivity contribution in [1.82, 2.24) is 20.0 Å². The van der Waals surface area contributed by atoms with Crippen LogP contribution in [0.2, 0.25) is 20.1 Å². The summed E-state index contributed by atoms with van der Waals surface area (Å²) in [6.07, 6.45) is -2.74. The second kappa shape index (κ2) is 21.0. The van der Waals surface area contributed by atoms with Gasteiger partial charge in [-0.2, -0.15) is 18.3 Å². The van der Waals surface area contributed by atoms with Gasteiger partial charge in [0.1, 0.15) is 23.8 Å². The number of nitrogens with zero attached hydrogens (tertiary/aromatic N) is 3. The molecule has 0 spiro atoms. The van der Waals surface area contributed by atoms with Crippen molar-refractivity contribution >= 4 is 80.6 Å². The Bertz CT molecular complexity index is 1980. The number of alkyl halides is 3. The van der Waals surface area contributed by atoms with Gasteiger partial charge in [-0.25, -0.2) is 0 Å². The first-order chi connectivity index (χ1) is 26.3. The van der Waals surface area contributed by atoms with Crippen molar-refractivity contribution < 1.29 is 42.4 Å². The monoisotopic (exact) mass is 962 g/mol. The number of hydrogen-bond donors (Lipinski definition) is 3. The number of nitrogens with one attached hydrogen (secondary N) is 1. The number of aliphatic hydroxyl groups is 2. The van der Waals surface area contributed by atoms with Crippen LogP contribution in [0.25, 0.3) is 0 Å². The van der Waals surface area contributed by atoms with Crippen molar-refractivity contribution in [3.8, 4) is 17.2 Å². The number of aromatic nitrogens is 2. The molecule has 2 saturated heterocycles. The molecule has 6 rings (SSSR count). The molecule has 314 valence electrons. The minimum Gasteiger partial charge on any atom is -0.495 e. The van der Waals surface area contributed by atoms with Crippen molar-refractivity contribution in [2.45, 2.75) is 56.5 Å². The number of halogens is 9. The quantitative estimate of drug-likeness (QED) is 0.168. The van der Waals surface area contributed by atoms with Crippen LogP contribution in [-0.2, 0) is 28.7 Å². The van der Waals surface area contributed by atoms with Crippen molar-refractivity contribution in [2.24, 2.45) is 0 Å². The molecule has 3 aromatic carbocycles. The van der Waals surface area contributed by atoms with Gasteiger partial charge in [-0.1, -0.05) is 74.5 Å². The van der Waals surface area contributed by atoms with E-state index in [9.17, 15) is 28.2 Å². The number of carbonyl (C=O) groups excluding carboxylic acids is 1. The standard InChI is InChI=1S/C19H20Cl2F3N3O3.C12H16ClNO2.C7H6BrClO.ClH/c1-11-16(21)17(19(22,23)24)25-27(11)10-15(28)26-7-5-18(29,6-8-26)12-3-4-13(20)14(9-12)30-2;1-16-11-8-9(2-3-10(11)13)12(15)4-6-14-7-5-12;1-10-7-4-5(8)2-3-6(7)9;/h3-4,9,29H,5-8,10H2,1-2H3;2-3,8,14-15H,4-7H2,1H3;2-4H,1H3;1H. The Balaban J connectivity index is 0.000000267. The molecule has 1 amide bonds. The Morgan fingerprint density at radius 1 is 0.807 bits per heavy atom. The highest BCUT2D eigenvalue weighted by Crippen LogP contribution is 2.39. The van der Waals surface area contributed by atoms with E-state index in [2.05, 4.69) is 26.3 Å². The van der Waals surface area contributed by atoms with Gasteiger partial charge in [0.25, 0.3) is 0 Å². The van der Waals surface area contributed by atoms with Crippen LogP contribution < -0.4 is 19.5 Å². The highest BCUT2D eigenvalue weighted by Gasteiger charge is 2.39. The summed E-state index contributed by atoms with van der Waals surface area (Å²) in [5, 5.41) is 29.3. The fourth-order valence-electron chi connectivity index (χ4n) is 6.16. The third kappa shape index (κ3) is 12.4. The lowest BCUT2D eigenvalue weighted by molar-refractivity contribution is -0.142. The average molecular weight is 966 g/mol. The van der Waals surface area contributed by atoms with Crippen LogP contribution >= 0.6 is 74.7 Å². The fraction of sp³-hybridized carbons (Fsp3) is 0.421. The molecule has 0 saturated carbocycles. The molecular formula is C38H43BrCl5F3N4O6. The van der Waals surface area contributed by atoms with Crippen LogP contribution in [0.4, 0.5) is 13.2 Å². The fourth-order valence-corrected chi connectivity index (χ4v) is 7.33. The second-order valence-corrected chi connectivity index (χ2v) is 15.6. The van der Waals surface area contributed by atoms with Crippen LogP contribution in [0.5, 0.6) is 17.2 Å². The zero-order chi connectivity index (χ0) is 41.4. The highest BCUT2D eigenvalue weighted by atomic mass is 79.9. The van der Waals surface area contributed by atoms with E-state index in [1.807, 2.05) is 24.3 Å². The Hall–Kier alpha value is -2.66. The number of rotatable bonds is 7. The maximum atomic E-state index is 13.0. The Morgan fingerprint density at radius 3 is 1.67 bits per heavy atom. The largest absolute Gasteiger partial charge is 0.495 e. The first-order valence-corrected chi connectivity index (χ1v) is 19.6. The van der Waals surface area contributed by atoms with Crippen molar-refractivity contribution in [3.63, 3.8) is 0 Å². The first-order valence-electron chi connectivity index (χ1n) is 17.3. The summed E-state index contributed by atoms with van der Waals surface area (Å²) in [7, 11) is 4.65. The van der Waals surface area contributed by atoms with E-state index in [4.69, 9.17) is 60.6 Å². The maximum Gasteiger partial charge on any atom is 0.436 e. The summed E-state index contributed by atoms with van der Waals surface area (Å²) < 4.78 is 56.1. The average Bonchev–Trinajstić information content (AvgIpc) is 3.46. The van der Waals surface area contributed by atoms with Gasteiger partial charge in [0.2, 0.25) is 5.91 Å². The molecule has 3 heterocycles.